The van der Waals surface area contributed by atoms with Crippen molar-refractivity contribution >= 4 is 45.7 Å². The number of benzene rings is 1. The minimum absolute atomic E-state index is 0.0360. The molecule has 0 saturated carbocycles. The van der Waals surface area contributed by atoms with E-state index in [4.69, 9.17) is 25.5 Å². The first-order valence-electron chi connectivity index (χ1n) is 8.43. The van der Waals surface area contributed by atoms with Crippen LogP contribution in [0.25, 0.3) is 11.0 Å². The number of ether oxygens (including phenoxy) is 2. The number of fused-ring (bicyclic) bond motifs is 1. The number of carbonyl (C=O) groups is 2. The molecule has 6 nitrogen and oxygen atoms in total. The number of thiophene rings is 1. The van der Waals surface area contributed by atoms with Gasteiger partial charge in [-0.3, -0.25) is 9.59 Å². The highest BCUT2D eigenvalue weighted by atomic mass is 35.5. The van der Waals surface area contributed by atoms with Crippen LogP contribution < -0.4 is 10.4 Å². The van der Waals surface area contributed by atoms with E-state index in [1.807, 2.05) is 0 Å². The molecular formula is C20H17ClO6S. The molecule has 0 amide bonds. The fraction of sp³-hybridized carbons (Fsp3) is 0.250. The molecule has 0 aliphatic heterocycles. The summed E-state index contributed by atoms with van der Waals surface area (Å²) in [6.45, 7) is 1.44. The molecule has 2 heterocycles. The van der Waals surface area contributed by atoms with Gasteiger partial charge in [0.15, 0.2) is 6.61 Å². The van der Waals surface area contributed by atoms with Gasteiger partial charge in [-0.2, -0.15) is 0 Å². The molecule has 1 aromatic carbocycles. The highest BCUT2D eigenvalue weighted by Gasteiger charge is 2.16. The maximum absolute atomic E-state index is 12.3. The van der Waals surface area contributed by atoms with Crippen LogP contribution in [0.1, 0.15) is 27.2 Å². The molecule has 0 aliphatic rings. The normalized spacial score (nSPS) is 10.8. The van der Waals surface area contributed by atoms with Gasteiger partial charge in [0, 0.05) is 23.4 Å². The number of hydrogen-bond acceptors (Lipinski definition) is 7. The van der Waals surface area contributed by atoms with E-state index in [1.54, 1.807) is 37.3 Å². The number of hydrogen-bond donors (Lipinski definition) is 0. The van der Waals surface area contributed by atoms with Crippen LogP contribution in [-0.4, -0.2) is 25.5 Å². The molecule has 3 rings (SSSR count). The van der Waals surface area contributed by atoms with Crippen LogP contribution >= 0.6 is 22.9 Å². The number of halogens is 1. The number of methoxy groups -OCH3 is 1. The molecule has 0 fully saturated rings. The molecule has 0 bridgehead atoms. The highest BCUT2D eigenvalue weighted by Crippen LogP contribution is 2.25. The first-order chi connectivity index (χ1) is 13.4. The molecule has 0 aliphatic carbocycles. The maximum atomic E-state index is 12.3. The van der Waals surface area contributed by atoms with Crippen molar-refractivity contribution in [1.82, 2.24) is 0 Å². The fourth-order valence-electron chi connectivity index (χ4n) is 2.77. The summed E-state index contributed by atoms with van der Waals surface area (Å²) in [5.41, 5.74) is 1.07. The number of rotatable bonds is 7. The predicted molar refractivity (Wildman–Crippen MR) is 107 cm³/mol. The third-order valence-electron chi connectivity index (χ3n) is 4.29. The summed E-state index contributed by atoms with van der Waals surface area (Å²) in [5, 5.41) is 0.772. The summed E-state index contributed by atoms with van der Waals surface area (Å²) in [7, 11) is 1.53. The highest BCUT2D eigenvalue weighted by molar-refractivity contribution is 7.18. The molecule has 0 radical (unpaired) electrons. The first kappa shape index (κ1) is 20.1. The summed E-state index contributed by atoms with van der Waals surface area (Å²) >= 11 is 6.91. The first-order valence-corrected chi connectivity index (χ1v) is 9.63. The van der Waals surface area contributed by atoms with Crippen LogP contribution in [0.3, 0.4) is 0 Å². The van der Waals surface area contributed by atoms with Gasteiger partial charge < -0.3 is 13.9 Å². The van der Waals surface area contributed by atoms with Gasteiger partial charge in [0.25, 0.3) is 0 Å². The van der Waals surface area contributed by atoms with E-state index in [-0.39, 0.29) is 25.2 Å². The Morgan fingerprint density at radius 2 is 2.00 bits per heavy atom. The Kier molecular flexibility index (Phi) is 6.16. The summed E-state index contributed by atoms with van der Waals surface area (Å²) in [4.78, 5) is 36.6. The minimum Gasteiger partial charge on any atom is -0.497 e. The lowest BCUT2D eigenvalue weighted by Gasteiger charge is -2.09. The topological polar surface area (TPSA) is 82.8 Å². The molecule has 3 aromatic rings. The van der Waals surface area contributed by atoms with Gasteiger partial charge in [0.1, 0.15) is 11.3 Å². The van der Waals surface area contributed by atoms with E-state index in [9.17, 15) is 14.4 Å². The molecule has 146 valence electrons. The van der Waals surface area contributed by atoms with Crippen molar-refractivity contribution in [3.05, 3.63) is 61.1 Å². The van der Waals surface area contributed by atoms with Crippen LogP contribution in [0.15, 0.2) is 39.5 Å². The zero-order valence-electron chi connectivity index (χ0n) is 15.2. The molecule has 0 N–H and O–H groups in total. The summed E-state index contributed by atoms with van der Waals surface area (Å²) in [6.07, 6.45) is 0.125. The Labute approximate surface area is 169 Å². The van der Waals surface area contributed by atoms with Crippen molar-refractivity contribution in [2.75, 3.05) is 13.7 Å². The molecule has 2 aromatic heterocycles. The smallest absolute Gasteiger partial charge is 0.339 e. The molecule has 28 heavy (non-hydrogen) atoms. The van der Waals surface area contributed by atoms with Crippen molar-refractivity contribution in [1.29, 1.82) is 0 Å². The van der Waals surface area contributed by atoms with E-state index in [1.165, 1.54) is 7.11 Å². The van der Waals surface area contributed by atoms with Crippen LogP contribution in [0.2, 0.25) is 4.34 Å². The lowest BCUT2D eigenvalue weighted by Crippen LogP contribution is -2.16. The Bertz CT molecular complexity index is 1100. The Morgan fingerprint density at radius 3 is 2.68 bits per heavy atom. The van der Waals surface area contributed by atoms with Gasteiger partial charge in [0.05, 0.1) is 16.3 Å². The van der Waals surface area contributed by atoms with E-state index >= 15 is 0 Å². The second-order valence-corrected chi connectivity index (χ2v) is 7.76. The SMILES string of the molecule is COc1ccc2c(C)c(CCC(=O)OCC(=O)c3ccc(Cl)s3)c(=O)oc2c1. The second kappa shape index (κ2) is 8.58. The lowest BCUT2D eigenvalue weighted by molar-refractivity contribution is -0.142. The van der Waals surface area contributed by atoms with Gasteiger partial charge in [-0.1, -0.05) is 11.6 Å². The molecule has 0 saturated heterocycles. The second-order valence-electron chi connectivity index (χ2n) is 6.04. The fourth-order valence-corrected chi connectivity index (χ4v) is 3.74. The minimum atomic E-state index is -0.565. The van der Waals surface area contributed by atoms with Crippen LogP contribution in [0.4, 0.5) is 0 Å². The van der Waals surface area contributed by atoms with Crippen LogP contribution in [0.5, 0.6) is 5.75 Å². The quantitative estimate of drug-likeness (QED) is 0.324. The van der Waals surface area contributed by atoms with Gasteiger partial charge in [0.2, 0.25) is 5.78 Å². The average molecular weight is 421 g/mol. The molecule has 0 unspecified atom stereocenters. The van der Waals surface area contributed by atoms with Gasteiger partial charge in [-0.25, -0.2) is 4.79 Å². The number of aryl methyl sites for hydroxylation is 1. The number of ketones is 1. The van der Waals surface area contributed by atoms with Crippen molar-refractivity contribution < 1.29 is 23.5 Å². The van der Waals surface area contributed by atoms with E-state index in [2.05, 4.69) is 0 Å². The Hall–Kier alpha value is -2.64. The maximum Gasteiger partial charge on any atom is 0.339 e. The largest absolute Gasteiger partial charge is 0.497 e. The van der Waals surface area contributed by atoms with Gasteiger partial charge >= 0.3 is 11.6 Å². The van der Waals surface area contributed by atoms with Gasteiger partial charge in [-0.05, 0) is 43.2 Å². The summed E-state index contributed by atoms with van der Waals surface area (Å²) < 4.78 is 16.0. The van der Waals surface area contributed by atoms with Crippen LogP contribution in [-0.2, 0) is 16.0 Å². The average Bonchev–Trinajstić information content (AvgIpc) is 3.11. The summed E-state index contributed by atoms with van der Waals surface area (Å²) in [5.74, 6) is -0.298. The van der Waals surface area contributed by atoms with Crippen molar-refractivity contribution in [2.45, 2.75) is 19.8 Å². The third kappa shape index (κ3) is 4.43. The third-order valence-corrected chi connectivity index (χ3v) is 5.56. The van der Waals surface area contributed by atoms with Crippen molar-refractivity contribution in [2.24, 2.45) is 0 Å². The molecular weight excluding hydrogens is 404 g/mol. The van der Waals surface area contributed by atoms with E-state index in [0.717, 1.165) is 22.3 Å². The summed E-state index contributed by atoms with van der Waals surface area (Å²) in [6, 6.07) is 8.42. The van der Waals surface area contributed by atoms with Crippen LogP contribution in [0, 0.1) is 6.92 Å². The Morgan fingerprint density at radius 1 is 1.21 bits per heavy atom. The standard InChI is InChI=1S/C20H17ClO6S/c1-11-13-4-3-12(25-2)9-16(13)27-20(24)14(11)5-8-19(23)26-10-15(22)17-6-7-18(21)28-17/h3-4,6-7,9H,5,8,10H2,1-2H3. The van der Waals surface area contributed by atoms with E-state index < -0.39 is 11.6 Å². The Balaban J connectivity index is 1.65. The zero-order chi connectivity index (χ0) is 20.3. The van der Waals surface area contributed by atoms with Crippen molar-refractivity contribution in [3.63, 3.8) is 0 Å². The molecule has 0 atom stereocenters. The van der Waals surface area contributed by atoms with Gasteiger partial charge in [-0.15, -0.1) is 11.3 Å². The monoisotopic (exact) mass is 420 g/mol. The zero-order valence-corrected chi connectivity index (χ0v) is 16.8. The predicted octanol–water partition coefficient (Wildman–Crippen LogP) is 4.18. The molecule has 8 heteroatoms. The lowest BCUT2D eigenvalue weighted by atomic mass is 10.0. The molecule has 0 spiro atoms. The number of esters is 1. The van der Waals surface area contributed by atoms with Crippen molar-refractivity contribution in [3.8, 4) is 5.75 Å². The number of Topliss-reactive ketones (excluding diaryl/α,β-unsaturated/α-hetero) is 1. The van der Waals surface area contributed by atoms with E-state index in [0.29, 0.717) is 26.1 Å². The number of carbonyl (C=O) groups excluding carboxylic acids is 2.